The maximum Gasteiger partial charge on any atom is 0.252 e. The lowest BCUT2D eigenvalue weighted by Gasteiger charge is -2.44. The first-order chi connectivity index (χ1) is 33.6. The molecule has 0 unspecified atom stereocenters. The Kier molecular flexibility index (Phi) is 9.36. The average molecular weight is 871 g/mol. The Morgan fingerprint density at radius 1 is 0.279 bits per heavy atom. The first-order valence-corrected chi connectivity index (χ1v) is 23.4. The van der Waals surface area contributed by atoms with E-state index in [1.807, 2.05) is 24.3 Å². The topological polar surface area (TPSA) is 33.2 Å². The molecule has 0 saturated heterocycles. The molecular formula is C61H44B2N4O. The molecule has 4 aliphatic rings. The highest BCUT2D eigenvalue weighted by atomic mass is 16.3. The smallest absolute Gasteiger partial charge is 0.252 e. The van der Waals surface area contributed by atoms with Crippen molar-refractivity contribution in [3.05, 3.63) is 248 Å². The maximum absolute atomic E-state index is 11.0. The standard InChI is InChI=1S/C31H23BN2.C30H21BN2O/c1-22-20-29-31-30(21-22)34(24-14-6-3-7-15-24)28-19-11-9-17-26(28)32(31)25-16-8-10-18-27(25)33(29)23-12-4-2-5-13-23;34-23-19-28-30-29(20-23)33(22-13-5-2-6-14-22)27-18-10-8-16-25(27)31(30)24-15-7-9-17-26(24)32(28)21-11-3-1-4-12-21/h2-21H,1H3;1-20,34H. The summed E-state index contributed by atoms with van der Waals surface area (Å²) in [6.07, 6.45) is 0. The predicted molar refractivity (Wildman–Crippen MR) is 287 cm³/mol. The van der Waals surface area contributed by atoms with Gasteiger partial charge in [0.05, 0.1) is 0 Å². The highest BCUT2D eigenvalue weighted by Crippen LogP contribution is 2.47. The third-order valence-electron chi connectivity index (χ3n) is 14.0. The minimum atomic E-state index is 0.0814. The van der Waals surface area contributed by atoms with Crippen LogP contribution in [-0.4, -0.2) is 18.5 Å². The van der Waals surface area contributed by atoms with Crippen LogP contribution in [0.5, 0.6) is 5.75 Å². The summed E-state index contributed by atoms with van der Waals surface area (Å²) in [6, 6.07) is 85.9. The fraction of sp³-hybridized carbons (Fsp3) is 0.0164. The van der Waals surface area contributed by atoms with E-state index in [9.17, 15) is 5.11 Å². The number of anilines is 12. The second-order valence-corrected chi connectivity index (χ2v) is 17.9. The zero-order valence-corrected chi connectivity index (χ0v) is 37.5. The molecule has 0 aliphatic carbocycles. The van der Waals surface area contributed by atoms with Crippen LogP contribution < -0.4 is 52.4 Å². The zero-order valence-electron chi connectivity index (χ0n) is 37.5. The third kappa shape index (κ3) is 6.20. The molecular weight excluding hydrogens is 826 g/mol. The molecule has 7 heteroatoms. The van der Waals surface area contributed by atoms with E-state index in [1.54, 1.807) is 0 Å². The van der Waals surface area contributed by atoms with Gasteiger partial charge in [0, 0.05) is 80.4 Å². The number of aromatic hydroxyl groups is 1. The molecule has 0 fully saturated rings. The first kappa shape index (κ1) is 39.7. The summed E-state index contributed by atoms with van der Waals surface area (Å²) in [5, 5.41) is 11.0. The van der Waals surface area contributed by atoms with Gasteiger partial charge in [-0.25, -0.2) is 0 Å². The summed E-state index contributed by atoms with van der Waals surface area (Å²) in [4.78, 5) is 9.44. The van der Waals surface area contributed by atoms with Crippen LogP contribution in [0.2, 0.25) is 0 Å². The van der Waals surface area contributed by atoms with Crippen molar-refractivity contribution in [2.45, 2.75) is 6.92 Å². The quantitative estimate of drug-likeness (QED) is 0.178. The number of rotatable bonds is 4. The van der Waals surface area contributed by atoms with Crippen molar-refractivity contribution >= 4 is 114 Å². The van der Waals surface area contributed by atoms with Crippen LogP contribution in [0.1, 0.15) is 5.56 Å². The van der Waals surface area contributed by atoms with E-state index in [0.29, 0.717) is 0 Å². The van der Waals surface area contributed by atoms with Gasteiger partial charge in [0.15, 0.2) is 0 Å². The van der Waals surface area contributed by atoms with Crippen LogP contribution >= 0.6 is 0 Å². The van der Waals surface area contributed by atoms with Gasteiger partial charge in [-0.05, 0) is 130 Å². The number of phenols is 1. The molecule has 0 radical (unpaired) electrons. The van der Waals surface area contributed by atoms with E-state index >= 15 is 0 Å². The van der Waals surface area contributed by atoms with Crippen LogP contribution in [0.3, 0.4) is 0 Å². The summed E-state index contributed by atoms with van der Waals surface area (Å²) in [7, 11) is 0. The Morgan fingerprint density at radius 3 is 0.794 bits per heavy atom. The highest BCUT2D eigenvalue weighted by Gasteiger charge is 2.45. The van der Waals surface area contributed by atoms with Gasteiger partial charge >= 0.3 is 0 Å². The molecule has 1 N–H and O–H groups in total. The molecule has 0 atom stereocenters. The number of benzene rings is 10. The van der Waals surface area contributed by atoms with E-state index in [-0.39, 0.29) is 19.2 Å². The van der Waals surface area contributed by atoms with Gasteiger partial charge in [0.1, 0.15) is 5.75 Å². The molecule has 68 heavy (non-hydrogen) atoms. The minimum absolute atomic E-state index is 0.0814. The number of para-hydroxylation sites is 8. The lowest BCUT2D eigenvalue weighted by molar-refractivity contribution is 0.476. The van der Waals surface area contributed by atoms with Gasteiger partial charge in [-0.3, -0.25) is 0 Å². The van der Waals surface area contributed by atoms with Gasteiger partial charge in [0.25, 0.3) is 13.4 Å². The lowest BCUT2D eigenvalue weighted by Crippen LogP contribution is -2.61. The Bertz CT molecular complexity index is 3080. The number of phenolic OH excluding ortho intramolecular Hbond substituents is 1. The predicted octanol–water partition coefficient (Wildman–Crippen LogP) is 11.6. The van der Waals surface area contributed by atoms with Gasteiger partial charge in [-0.1, -0.05) is 146 Å². The lowest BCUT2D eigenvalue weighted by atomic mass is 9.33. The first-order valence-electron chi connectivity index (χ1n) is 23.4. The van der Waals surface area contributed by atoms with Crippen LogP contribution in [0, 0.1) is 6.92 Å². The van der Waals surface area contributed by atoms with Crippen LogP contribution in [-0.2, 0) is 0 Å². The van der Waals surface area contributed by atoms with Crippen LogP contribution in [0.15, 0.2) is 243 Å². The van der Waals surface area contributed by atoms with Crippen molar-refractivity contribution in [2.75, 3.05) is 19.6 Å². The number of hydrogen-bond acceptors (Lipinski definition) is 5. The largest absolute Gasteiger partial charge is 0.508 e. The molecule has 14 rings (SSSR count). The summed E-state index contributed by atoms with van der Waals surface area (Å²) in [5.74, 6) is 0.258. The second kappa shape index (κ2) is 16.0. The molecule has 0 amide bonds. The highest BCUT2D eigenvalue weighted by molar-refractivity contribution is 7.01. The van der Waals surface area contributed by atoms with Gasteiger partial charge in [-0.2, -0.15) is 0 Å². The zero-order chi connectivity index (χ0) is 45.3. The number of nitrogens with zero attached hydrogens (tertiary/aromatic N) is 4. The average Bonchev–Trinajstić information content (AvgIpc) is 3.39. The van der Waals surface area contributed by atoms with Crippen molar-refractivity contribution in [1.29, 1.82) is 0 Å². The number of aryl methyl sites for hydroxylation is 1. The molecule has 4 aliphatic heterocycles. The summed E-state index contributed by atoms with van der Waals surface area (Å²) in [6.45, 7) is 2.48. The second-order valence-electron chi connectivity index (χ2n) is 17.9. The fourth-order valence-corrected chi connectivity index (χ4v) is 11.3. The van der Waals surface area contributed by atoms with Gasteiger partial charge < -0.3 is 24.7 Å². The summed E-state index contributed by atoms with van der Waals surface area (Å²) >= 11 is 0. The Morgan fingerprint density at radius 2 is 0.515 bits per heavy atom. The molecule has 0 aromatic heterocycles. The SMILES string of the molecule is Cc1cc2c3c(c1)N(c1ccccc1)c1ccccc1B3c1ccccc1N2c1ccccc1.Oc1cc2c3c(c1)N(c1ccccc1)c1ccccc1B3c1ccccc1N2c1ccccc1. The fourth-order valence-electron chi connectivity index (χ4n) is 11.3. The molecule has 10 aromatic carbocycles. The van der Waals surface area contributed by atoms with Crippen molar-refractivity contribution in [3.63, 3.8) is 0 Å². The summed E-state index contributed by atoms with van der Waals surface area (Å²) in [5.41, 5.74) is 23.0. The summed E-state index contributed by atoms with van der Waals surface area (Å²) < 4.78 is 0. The van der Waals surface area contributed by atoms with Crippen molar-refractivity contribution in [3.8, 4) is 5.75 Å². The molecule has 0 saturated carbocycles. The minimum Gasteiger partial charge on any atom is -0.508 e. The van der Waals surface area contributed by atoms with E-state index in [0.717, 1.165) is 34.1 Å². The molecule has 10 aromatic rings. The molecule has 5 nitrogen and oxygen atoms in total. The monoisotopic (exact) mass is 870 g/mol. The molecule has 0 spiro atoms. The van der Waals surface area contributed by atoms with Gasteiger partial charge in [0.2, 0.25) is 0 Å². The molecule has 320 valence electrons. The Hall–Kier alpha value is -8.67. The third-order valence-corrected chi connectivity index (χ3v) is 14.0. The van der Waals surface area contributed by atoms with E-state index in [2.05, 4.69) is 245 Å². The number of fused-ring (bicyclic) bond motifs is 8. The Labute approximate surface area is 398 Å². The maximum atomic E-state index is 11.0. The molecule has 4 heterocycles. The van der Waals surface area contributed by atoms with Crippen LogP contribution in [0.25, 0.3) is 0 Å². The van der Waals surface area contributed by atoms with Crippen molar-refractivity contribution in [1.82, 2.24) is 0 Å². The normalized spacial score (nSPS) is 13.2. The number of hydrogen-bond donors (Lipinski definition) is 1. The van der Waals surface area contributed by atoms with E-state index < -0.39 is 0 Å². The van der Waals surface area contributed by atoms with Crippen LogP contribution in [0.4, 0.5) is 68.2 Å². The van der Waals surface area contributed by atoms with Crippen molar-refractivity contribution < 1.29 is 5.11 Å². The van der Waals surface area contributed by atoms with E-state index in [4.69, 9.17) is 0 Å². The van der Waals surface area contributed by atoms with E-state index in [1.165, 1.54) is 72.5 Å². The van der Waals surface area contributed by atoms with Gasteiger partial charge in [-0.15, -0.1) is 0 Å². The van der Waals surface area contributed by atoms with Crippen molar-refractivity contribution in [2.24, 2.45) is 0 Å². The Balaban J connectivity index is 0.000000134. The molecule has 0 bridgehead atoms.